The monoisotopic (exact) mass is 506 g/mol. The standard InChI is InChI=1S/C27H42N2O5S/c1-6-8-16-34-26(33)21-20-17-19(5)27(35-20)22(21)24(31)29(14-11-9-10-12-15-30)23(27)25(32)28(13-7-2)18(3)4/h6-7,18-23,30H,1-2,8-17H2,3-5H3/t19?,20-,21+,22-,23?,27?/m0/s1. The minimum Gasteiger partial charge on any atom is -0.465 e. The number of nitrogens with zero attached hydrogens (tertiary/aromatic N) is 2. The van der Waals surface area contributed by atoms with Crippen LogP contribution in [0.15, 0.2) is 25.3 Å². The van der Waals surface area contributed by atoms with Gasteiger partial charge in [0.1, 0.15) is 6.04 Å². The number of fused-ring (bicyclic) bond motifs is 1. The van der Waals surface area contributed by atoms with Crippen LogP contribution in [0.25, 0.3) is 0 Å². The molecule has 0 aromatic carbocycles. The van der Waals surface area contributed by atoms with Crippen LogP contribution in [0.2, 0.25) is 0 Å². The zero-order valence-corrected chi connectivity index (χ0v) is 22.3. The van der Waals surface area contributed by atoms with Crippen LogP contribution in [-0.2, 0) is 19.1 Å². The SMILES string of the molecule is C=CCCOC(=O)[C@@H]1[C@@H]2CC(C)C3(S2)C(C(=O)N(CC=C)C(C)C)N(CCCCCCO)C(=O)[C@H]13. The Morgan fingerprint density at radius 3 is 2.60 bits per heavy atom. The van der Waals surface area contributed by atoms with E-state index in [0.29, 0.717) is 19.5 Å². The van der Waals surface area contributed by atoms with E-state index in [9.17, 15) is 14.4 Å². The Labute approximate surface area is 214 Å². The fraction of sp³-hybridized carbons (Fsp3) is 0.741. The topological polar surface area (TPSA) is 87.2 Å². The molecule has 0 aromatic rings. The van der Waals surface area contributed by atoms with Crippen LogP contribution in [0.3, 0.4) is 0 Å². The number of likely N-dealkylation sites (tertiary alicyclic amines) is 1. The second-order valence-corrected chi connectivity index (χ2v) is 11.9. The molecule has 35 heavy (non-hydrogen) atoms. The quantitative estimate of drug-likeness (QED) is 0.221. The van der Waals surface area contributed by atoms with Crippen LogP contribution in [0, 0.1) is 17.8 Å². The smallest absolute Gasteiger partial charge is 0.310 e. The largest absolute Gasteiger partial charge is 0.465 e. The second kappa shape index (κ2) is 12.0. The van der Waals surface area contributed by atoms with Gasteiger partial charge in [0.15, 0.2) is 0 Å². The number of aliphatic hydroxyl groups excluding tert-OH is 1. The third-order valence-electron chi connectivity index (χ3n) is 7.86. The third-order valence-corrected chi connectivity index (χ3v) is 9.93. The van der Waals surface area contributed by atoms with E-state index in [1.54, 1.807) is 33.7 Å². The maximum atomic E-state index is 14.1. The molecule has 0 saturated carbocycles. The van der Waals surface area contributed by atoms with Crippen LogP contribution in [0.1, 0.15) is 59.3 Å². The lowest BCUT2D eigenvalue weighted by Crippen LogP contribution is -2.58. The van der Waals surface area contributed by atoms with Gasteiger partial charge in [-0.05, 0) is 45.4 Å². The van der Waals surface area contributed by atoms with Crippen LogP contribution in [0.5, 0.6) is 0 Å². The highest BCUT2D eigenvalue weighted by Gasteiger charge is 2.76. The molecule has 3 aliphatic rings. The summed E-state index contributed by atoms with van der Waals surface area (Å²) in [4.78, 5) is 44.9. The molecule has 3 saturated heterocycles. The number of hydrogen-bond donors (Lipinski definition) is 1. The van der Waals surface area contributed by atoms with Gasteiger partial charge in [0.05, 0.1) is 23.2 Å². The molecular weight excluding hydrogens is 464 g/mol. The number of thioether (sulfide) groups is 1. The van der Waals surface area contributed by atoms with Crippen molar-refractivity contribution in [3.05, 3.63) is 25.3 Å². The number of hydrogen-bond acceptors (Lipinski definition) is 6. The van der Waals surface area contributed by atoms with Gasteiger partial charge >= 0.3 is 5.97 Å². The molecule has 3 heterocycles. The van der Waals surface area contributed by atoms with Crippen LogP contribution < -0.4 is 0 Å². The zero-order chi connectivity index (χ0) is 25.8. The van der Waals surface area contributed by atoms with Crippen LogP contribution >= 0.6 is 11.8 Å². The molecule has 0 aliphatic carbocycles. The average Bonchev–Trinajstić information content (AvgIpc) is 3.40. The van der Waals surface area contributed by atoms with E-state index in [-0.39, 0.29) is 48.2 Å². The first-order valence-corrected chi connectivity index (χ1v) is 13.9. The predicted molar refractivity (Wildman–Crippen MR) is 139 cm³/mol. The Morgan fingerprint density at radius 1 is 1.26 bits per heavy atom. The molecule has 8 heteroatoms. The number of aliphatic hydroxyl groups is 1. The minimum atomic E-state index is -0.625. The Balaban J connectivity index is 1.95. The van der Waals surface area contributed by atoms with Gasteiger partial charge < -0.3 is 19.6 Å². The van der Waals surface area contributed by atoms with Gasteiger partial charge in [-0.15, -0.1) is 24.9 Å². The summed E-state index contributed by atoms with van der Waals surface area (Å²) in [6.07, 6.45) is 8.06. The summed E-state index contributed by atoms with van der Waals surface area (Å²) in [5, 5.41) is 9.08. The number of rotatable bonds is 14. The van der Waals surface area contributed by atoms with Gasteiger partial charge in [0.25, 0.3) is 0 Å². The number of esters is 1. The van der Waals surface area contributed by atoms with Gasteiger partial charge in [-0.1, -0.05) is 31.9 Å². The van der Waals surface area contributed by atoms with E-state index < -0.39 is 22.6 Å². The van der Waals surface area contributed by atoms with Gasteiger partial charge in [0, 0.05) is 31.0 Å². The summed E-state index contributed by atoms with van der Waals surface area (Å²) in [5.74, 6) is -1.38. The molecule has 7 nitrogen and oxygen atoms in total. The van der Waals surface area contributed by atoms with Gasteiger partial charge in [-0.2, -0.15) is 0 Å². The number of unbranched alkanes of at least 4 members (excludes halogenated alkanes) is 3. The maximum absolute atomic E-state index is 14.1. The van der Waals surface area contributed by atoms with Gasteiger partial charge in [-0.25, -0.2) is 0 Å². The molecule has 3 unspecified atom stereocenters. The summed E-state index contributed by atoms with van der Waals surface area (Å²) in [6, 6.07) is -0.632. The number of ether oxygens (including phenoxy) is 1. The fourth-order valence-electron chi connectivity index (χ4n) is 6.25. The molecular formula is C27H42N2O5S. The Hall–Kier alpha value is -1.80. The molecule has 3 aliphatic heterocycles. The lowest BCUT2D eigenvalue weighted by atomic mass is 9.66. The van der Waals surface area contributed by atoms with Crippen molar-refractivity contribution < 1.29 is 24.2 Å². The van der Waals surface area contributed by atoms with Crippen molar-refractivity contribution in [3.8, 4) is 0 Å². The highest BCUT2D eigenvalue weighted by Crippen LogP contribution is 2.68. The lowest BCUT2D eigenvalue weighted by Gasteiger charge is -2.41. The Bertz CT molecular complexity index is 817. The number of amides is 2. The summed E-state index contributed by atoms with van der Waals surface area (Å²) >= 11 is 1.68. The summed E-state index contributed by atoms with van der Waals surface area (Å²) < 4.78 is 4.94. The van der Waals surface area contributed by atoms with Gasteiger partial charge in [0.2, 0.25) is 11.8 Å². The van der Waals surface area contributed by atoms with E-state index in [0.717, 1.165) is 32.1 Å². The molecule has 2 amide bonds. The number of carbonyl (C=O) groups excluding carboxylic acids is 3. The highest BCUT2D eigenvalue weighted by molar-refractivity contribution is 8.02. The van der Waals surface area contributed by atoms with Crippen molar-refractivity contribution >= 4 is 29.5 Å². The van der Waals surface area contributed by atoms with Crippen molar-refractivity contribution in [2.75, 3.05) is 26.3 Å². The van der Waals surface area contributed by atoms with E-state index in [1.807, 2.05) is 13.8 Å². The first-order chi connectivity index (χ1) is 16.8. The molecule has 1 spiro atoms. The van der Waals surface area contributed by atoms with Crippen molar-refractivity contribution in [3.63, 3.8) is 0 Å². The third kappa shape index (κ3) is 5.06. The first-order valence-electron chi connectivity index (χ1n) is 13.0. The van der Waals surface area contributed by atoms with Crippen molar-refractivity contribution in [2.24, 2.45) is 17.8 Å². The van der Waals surface area contributed by atoms with Crippen molar-refractivity contribution in [2.45, 2.75) is 81.4 Å². The zero-order valence-electron chi connectivity index (χ0n) is 21.5. The van der Waals surface area contributed by atoms with Crippen LogP contribution in [-0.4, -0.2) is 81.1 Å². The summed E-state index contributed by atoms with van der Waals surface area (Å²) in [6.45, 7) is 14.9. The molecule has 3 fully saturated rings. The second-order valence-electron chi connectivity index (χ2n) is 10.3. The van der Waals surface area contributed by atoms with Crippen molar-refractivity contribution in [1.82, 2.24) is 9.80 Å². The van der Waals surface area contributed by atoms with Gasteiger partial charge in [-0.3, -0.25) is 14.4 Å². The van der Waals surface area contributed by atoms with E-state index >= 15 is 0 Å². The molecule has 2 bridgehead atoms. The summed E-state index contributed by atoms with van der Waals surface area (Å²) in [5.41, 5.74) is 0. The average molecular weight is 507 g/mol. The lowest BCUT2D eigenvalue weighted by molar-refractivity contribution is -0.154. The summed E-state index contributed by atoms with van der Waals surface area (Å²) in [7, 11) is 0. The van der Waals surface area contributed by atoms with Crippen molar-refractivity contribution in [1.29, 1.82) is 0 Å². The number of carbonyl (C=O) groups is 3. The molecule has 3 rings (SSSR count). The minimum absolute atomic E-state index is 0.0101. The van der Waals surface area contributed by atoms with E-state index in [1.165, 1.54) is 0 Å². The molecule has 0 radical (unpaired) electrons. The molecule has 0 aromatic heterocycles. The van der Waals surface area contributed by atoms with E-state index in [2.05, 4.69) is 20.1 Å². The first kappa shape index (κ1) is 27.8. The molecule has 6 atom stereocenters. The normalized spacial score (nSPS) is 31.1. The highest BCUT2D eigenvalue weighted by atomic mass is 32.2. The molecule has 196 valence electrons. The maximum Gasteiger partial charge on any atom is 0.310 e. The molecule has 1 N–H and O–H groups in total. The Kier molecular flexibility index (Phi) is 9.49. The predicted octanol–water partition coefficient (Wildman–Crippen LogP) is 3.42. The van der Waals surface area contributed by atoms with E-state index in [4.69, 9.17) is 9.84 Å². The Morgan fingerprint density at radius 2 is 1.97 bits per heavy atom. The van der Waals surface area contributed by atoms with Crippen LogP contribution in [0.4, 0.5) is 0 Å². The fourth-order valence-corrected chi connectivity index (χ4v) is 8.65.